The van der Waals surface area contributed by atoms with Gasteiger partial charge in [0.05, 0.1) is 11.5 Å². The van der Waals surface area contributed by atoms with Crippen molar-refractivity contribution >= 4 is 9.84 Å². The summed E-state index contributed by atoms with van der Waals surface area (Å²) in [6.07, 6.45) is 0. The summed E-state index contributed by atoms with van der Waals surface area (Å²) >= 11 is 0. The molecule has 1 aromatic rings. The minimum absolute atomic E-state index is 0.0219. The van der Waals surface area contributed by atoms with Gasteiger partial charge in [0.1, 0.15) is 0 Å². The molecule has 0 radical (unpaired) electrons. The van der Waals surface area contributed by atoms with Crippen LogP contribution in [0.25, 0.3) is 0 Å². The lowest BCUT2D eigenvalue weighted by atomic mass is 10.0. The number of rotatable bonds is 3. The Morgan fingerprint density at radius 1 is 1.37 bits per heavy atom. The van der Waals surface area contributed by atoms with Crippen LogP contribution in [0.15, 0.2) is 24.3 Å². The number of nitrogens with two attached hydrogens (primary N) is 1. The number of benzene rings is 1. The van der Waals surface area contributed by atoms with Gasteiger partial charge in [0.15, 0.2) is 9.84 Å². The van der Waals surface area contributed by atoms with Gasteiger partial charge in [-0.15, -0.1) is 0 Å². The topological polar surface area (TPSA) is 63.4 Å². The second-order valence-corrected chi connectivity index (χ2v) is 7.59. The van der Waals surface area contributed by atoms with Crippen molar-refractivity contribution in [1.82, 2.24) is 4.90 Å². The van der Waals surface area contributed by atoms with E-state index in [4.69, 9.17) is 5.73 Å². The second-order valence-electron chi connectivity index (χ2n) is 5.36. The Morgan fingerprint density at radius 3 is 2.53 bits per heavy atom. The normalized spacial score (nSPS) is 25.1. The standard InChI is InChI=1S/C14H22N2O2S/c1-11-3-5-13(6-4-11)14(9-15)16-7-8-19(17,18)10-12(16)2/h3-6,12,14H,7-10,15H2,1-2H3. The highest BCUT2D eigenvalue weighted by molar-refractivity contribution is 7.91. The van der Waals surface area contributed by atoms with E-state index in [9.17, 15) is 8.42 Å². The largest absolute Gasteiger partial charge is 0.329 e. The average molecular weight is 282 g/mol. The molecule has 2 unspecified atom stereocenters. The summed E-state index contributed by atoms with van der Waals surface area (Å²) in [5, 5.41) is 0. The van der Waals surface area contributed by atoms with E-state index in [2.05, 4.69) is 36.1 Å². The minimum Gasteiger partial charge on any atom is -0.329 e. The van der Waals surface area contributed by atoms with E-state index < -0.39 is 9.84 Å². The van der Waals surface area contributed by atoms with E-state index >= 15 is 0 Å². The first-order valence-electron chi connectivity index (χ1n) is 6.66. The van der Waals surface area contributed by atoms with Gasteiger partial charge in [0, 0.05) is 25.2 Å². The second kappa shape index (κ2) is 5.61. The Balaban J connectivity index is 2.20. The molecule has 1 heterocycles. The molecule has 0 bridgehead atoms. The maximum Gasteiger partial charge on any atom is 0.153 e. The van der Waals surface area contributed by atoms with Crippen LogP contribution < -0.4 is 5.73 Å². The van der Waals surface area contributed by atoms with Crippen molar-refractivity contribution in [1.29, 1.82) is 0 Å². The molecule has 0 spiro atoms. The quantitative estimate of drug-likeness (QED) is 0.902. The smallest absolute Gasteiger partial charge is 0.153 e. The molecule has 19 heavy (non-hydrogen) atoms. The highest BCUT2D eigenvalue weighted by Gasteiger charge is 2.32. The maximum atomic E-state index is 11.6. The molecule has 1 aliphatic heterocycles. The number of hydrogen-bond acceptors (Lipinski definition) is 4. The Hall–Kier alpha value is -0.910. The number of hydrogen-bond donors (Lipinski definition) is 1. The van der Waals surface area contributed by atoms with Crippen LogP contribution in [0.5, 0.6) is 0 Å². The van der Waals surface area contributed by atoms with Gasteiger partial charge in [-0.3, -0.25) is 4.90 Å². The van der Waals surface area contributed by atoms with E-state index in [-0.39, 0.29) is 23.6 Å². The zero-order chi connectivity index (χ0) is 14.0. The van der Waals surface area contributed by atoms with Crippen LogP contribution in [-0.4, -0.2) is 44.0 Å². The van der Waals surface area contributed by atoms with Crippen LogP contribution in [-0.2, 0) is 9.84 Å². The first-order valence-corrected chi connectivity index (χ1v) is 8.48. The Bertz CT molecular complexity index is 525. The lowest BCUT2D eigenvalue weighted by Crippen LogP contribution is -2.50. The molecule has 1 fully saturated rings. The molecule has 4 nitrogen and oxygen atoms in total. The zero-order valence-electron chi connectivity index (χ0n) is 11.5. The van der Waals surface area contributed by atoms with Gasteiger partial charge >= 0.3 is 0 Å². The van der Waals surface area contributed by atoms with Crippen LogP contribution >= 0.6 is 0 Å². The summed E-state index contributed by atoms with van der Waals surface area (Å²) in [5.74, 6) is 0.467. The molecule has 1 saturated heterocycles. The highest BCUT2D eigenvalue weighted by Crippen LogP contribution is 2.25. The molecule has 2 rings (SSSR count). The Kier molecular flexibility index (Phi) is 4.28. The number of sulfone groups is 1. The molecule has 1 aliphatic rings. The molecular formula is C14H22N2O2S. The van der Waals surface area contributed by atoms with E-state index in [1.807, 2.05) is 6.92 Å². The summed E-state index contributed by atoms with van der Waals surface area (Å²) in [4.78, 5) is 2.21. The summed E-state index contributed by atoms with van der Waals surface area (Å²) in [7, 11) is -2.88. The van der Waals surface area contributed by atoms with Crippen LogP contribution in [0.2, 0.25) is 0 Å². The van der Waals surface area contributed by atoms with E-state index in [1.54, 1.807) is 0 Å². The fourth-order valence-corrected chi connectivity index (χ4v) is 4.31. The molecule has 2 atom stereocenters. The Labute approximate surface area is 115 Å². The fraction of sp³-hybridized carbons (Fsp3) is 0.571. The van der Waals surface area contributed by atoms with Gasteiger partial charge in [-0.05, 0) is 19.4 Å². The first kappa shape index (κ1) is 14.5. The van der Waals surface area contributed by atoms with Crippen molar-refractivity contribution in [2.24, 2.45) is 5.73 Å². The van der Waals surface area contributed by atoms with Crippen molar-refractivity contribution in [2.45, 2.75) is 25.9 Å². The Morgan fingerprint density at radius 2 is 2.00 bits per heavy atom. The number of nitrogens with zero attached hydrogens (tertiary/aromatic N) is 1. The molecule has 0 amide bonds. The van der Waals surface area contributed by atoms with Crippen LogP contribution in [0.1, 0.15) is 24.1 Å². The summed E-state index contributed by atoms with van der Waals surface area (Å²) in [6, 6.07) is 8.44. The van der Waals surface area contributed by atoms with E-state index in [0.717, 1.165) is 0 Å². The summed E-state index contributed by atoms with van der Waals surface area (Å²) < 4.78 is 23.3. The summed E-state index contributed by atoms with van der Waals surface area (Å²) in [6.45, 7) is 5.09. The molecule has 0 saturated carbocycles. The van der Waals surface area contributed by atoms with Gasteiger partial charge in [-0.1, -0.05) is 29.8 Å². The van der Waals surface area contributed by atoms with Crippen molar-refractivity contribution in [3.05, 3.63) is 35.4 Å². The van der Waals surface area contributed by atoms with Gasteiger partial charge in [-0.2, -0.15) is 0 Å². The average Bonchev–Trinajstić information content (AvgIpc) is 2.34. The van der Waals surface area contributed by atoms with Gasteiger partial charge in [0.2, 0.25) is 0 Å². The number of aryl methyl sites for hydroxylation is 1. The van der Waals surface area contributed by atoms with Crippen molar-refractivity contribution < 1.29 is 8.42 Å². The van der Waals surface area contributed by atoms with Crippen molar-refractivity contribution in [3.63, 3.8) is 0 Å². The summed E-state index contributed by atoms with van der Waals surface area (Å²) in [5.41, 5.74) is 8.29. The zero-order valence-corrected chi connectivity index (χ0v) is 12.4. The molecular weight excluding hydrogens is 260 g/mol. The monoisotopic (exact) mass is 282 g/mol. The third-order valence-corrected chi connectivity index (χ3v) is 5.60. The van der Waals surface area contributed by atoms with Crippen LogP contribution in [0, 0.1) is 6.92 Å². The predicted octanol–water partition coefficient (Wildman–Crippen LogP) is 1.11. The molecule has 2 N–H and O–H groups in total. The van der Waals surface area contributed by atoms with Crippen LogP contribution in [0.4, 0.5) is 0 Å². The molecule has 5 heteroatoms. The van der Waals surface area contributed by atoms with Gasteiger partial charge in [0.25, 0.3) is 0 Å². The molecule has 1 aromatic carbocycles. The predicted molar refractivity (Wildman–Crippen MR) is 77.8 cm³/mol. The van der Waals surface area contributed by atoms with Crippen LogP contribution in [0.3, 0.4) is 0 Å². The van der Waals surface area contributed by atoms with Gasteiger partial charge in [-0.25, -0.2) is 8.42 Å². The maximum absolute atomic E-state index is 11.6. The van der Waals surface area contributed by atoms with Crippen molar-refractivity contribution in [2.75, 3.05) is 24.6 Å². The lowest BCUT2D eigenvalue weighted by molar-refractivity contribution is 0.162. The third kappa shape index (κ3) is 3.35. The minimum atomic E-state index is -2.88. The van der Waals surface area contributed by atoms with Crippen molar-refractivity contribution in [3.8, 4) is 0 Å². The molecule has 106 valence electrons. The highest BCUT2D eigenvalue weighted by atomic mass is 32.2. The van der Waals surface area contributed by atoms with E-state index in [0.29, 0.717) is 13.1 Å². The SMILES string of the molecule is Cc1ccc(C(CN)N2CCS(=O)(=O)CC2C)cc1. The molecule has 0 aromatic heterocycles. The molecule has 0 aliphatic carbocycles. The van der Waals surface area contributed by atoms with E-state index in [1.165, 1.54) is 11.1 Å². The lowest BCUT2D eigenvalue weighted by Gasteiger charge is -2.39. The first-order chi connectivity index (χ1) is 8.93. The van der Waals surface area contributed by atoms with Gasteiger partial charge < -0.3 is 5.73 Å². The third-order valence-electron chi connectivity index (χ3n) is 3.81. The fourth-order valence-electron chi connectivity index (χ4n) is 2.73.